The zero-order valence-electron chi connectivity index (χ0n) is 10.2. The number of hydrogen-bond donors (Lipinski definition) is 0. The fourth-order valence-electron chi connectivity index (χ4n) is 1.12. The second-order valence-electron chi connectivity index (χ2n) is 3.65. The largest absolute Gasteiger partial charge is 0.493 e. The Morgan fingerprint density at radius 3 is 2.14 bits per heavy atom. The van der Waals surface area contributed by atoms with Gasteiger partial charge in [0.25, 0.3) is 10.0 Å². The lowest BCUT2D eigenvalue weighted by Crippen LogP contribution is -2.42. The van der Waals surface area contributed by atoms with Crippen LogP contribution < -0.4 is 0 Å². The molecule has 0 aromatic heterocycles. The molecule has 0 aliphatic carbocycles. The van der Waals surface area contributed by atoms with Crippen molar-refractivity contribution in [3.63, 3.8) is 0 Å². The average Bonchev–Trinajstić information content (AvgIpc) is 2.32. The van der Waals surface area contributed by atoms with Gasteiger partial charge in [-0.25, -0.2) is 17.6 Å². The van der Waals surface area contributed by atoms with E-state index in [2.05, 4.69) is 4.84 Å². The van der Waals surface area contributed by atoms with Crippen LogP contribution in [0.1, 0.15) is 10.4 Å². The molecule has 0 N–H and O–H groups in total. The molecule has 1 rings (SSSR count). The van der Waals surface area contributed by atoms with Crippen LogP contribution >= 0.6 is 0 Å². The molecule has 116 valence electrons. The first-order chi connectivity index (χ1) is 9.44. The highest BCUT2D eigenvalue weighted by Crippen LogP contribution is 2.20. The zero-order chi connectivity index (χ0) is 16.4. The molecular formula is C10H7F4NO5S. The van der Waals surface area contributed by atoms with Crippen molar-refractivity contribution in [2.24, 2.45) is 0 Å². The summed E-state index contributed by atoms with van der Waals surface area (Å²) in [4.78, 5) is 25.9. The van der Waals surface area contributed by atoms with E-state index in [1.165, 1.54) is 6.07 Å². The number of amides is 1. The van der Waals surface area contributed by atoms with Crippen LogP contribution in [0.4, 0.5) is 17.6 Å². The molecule has 11 heteroatoms. The number of carbonyl (C=O) groups is 2. The minimum atomic E-state index is -5.53. The zero-order valence-corrected chi connectivity index (χ0v) is 11.0. The molecule has 0 aliphatic heterocycles. The molecule has 1 aromatic rings. The molecule has 21 heavy (non-hydrogen) atoms. The SMILES string of the molecule is CS(=O)(=O)N(OC(=O)C(F)(F)F)C(=O)c1ccccc1F. The maximum atomic E-state index is 13.4. The van der Waals surface area contributed by atoms with Gasteiger partial charge in [-0.05, 0) is 12.1 Å². The Hall–Kier alpha value is -2.17. The van der Waals surface area contributed by atoms with Crippen molar-refractivity contribution in [3.05, 3.63) is 35.6 Å². The molecule has 0 radical (unpaired) electrons. The van der Waals surface area contributed by atoms with Gasteiger partial charge in [-0.2, -0.15) is 13.2 Å². The Bertz CT molecular complexity index is 670. The highest BCUT2D eigenvalue weighted by molar-refractivity contribution is 7.88. The lowest BCUT2D eigenvalue weighted by atomic mass is 10.2. The van der Waals surface area contributed by atoms with Gasteiger partial charge in [0.15, 0.2) is 0 Å². The van der Waals surface area contributed by atoms with Gasteiger partial charge in [-0.3, -0.25) is 4.79 Å². The fourth-order valence-corrected chi connectivity index (χ4v) is 1.72. The molecule has 0 spiro atoms. The van der Waals surface area contributed by atoms with Gasteiger partial charge >= 0.3 is 18.1 Å². The molecule has 1 aromatic carbocycles. The maximum absolute atomic E-state index is 13.4. The predicted molar refractivity (Wildman–Crippen MR) is 59.6 cm³/mol. The summed E-state index contributed by atoms with van der Waals surface area (Å²) < 4.78 is 71.2. The minimum Gasteiger partial charge on any atom is -0.314 e. The van der Waals surface area contributed by atoms with E-state index >= 15 is 0 Å². The van der Waals surface area contributed by atoms with E-state index in [-0.39, 0.29) is 0 Å². The third kappa shape index (κ3) is 4.15. The van der Waals surface area contributed by atoms with E-state index in [4.69, 9.17) is 0 Å². The number of benzene rings is 1. The Labute approximate surface area is 115 Å². The molecule has 0 fully saturated rings. The van der Waals surface area contributed by atoms with Gasteiger partial charge in [0.05, 0.1) is 11.8 Å². The quantitative estimate of drug-likeness (QED) is 0.602. The van der Waals surface area contributed by atoms with Crippen molar-refractivity contribution in [2.75, 3.05) is 6.26 Å². The van der Waals surface area contributed by atoms with Gasteiger partial charge < -0.3 is 4.84 Å². The number of halogens is 4. The maximum Gasteiger partial charge on any atom is 0.493 e. The normalized spacial score (nSPS) is 11.9. The van der Waals surface area contributed by atoms with E-state index < -0.39 is 43.9 Å². The van der Waals surface area contributed by atoms with Gasteiger partial charge in [0.1, 0.15) is 5.82 Å². The third-order valence-electron chi connectivity index (χ3n) is 1.97. The van der Waals surface area contributed by atoms with Crippen LogP contribution in [-0.4, -0.2) is 37.2 Å². The summed E-state index contributed by atoms with van der Waals surface area (Å²) in [5.41, 5.74) is -0.877. The van der Waals surface area contributed by atoms with Crippen molar-refractivity contribution in [1.29, 1.82) is 0 Å². The monoisotopic (exact) mass is 329 g/mol. The molecule has 0 saturated heterocycles. The highest BCUT2D eigenvalue weighted by Gasteiger charge is 2.45. The number of carbonyl (C=O) groups excluding carboxylic acids is 2. The molecule has 0 saturated carbocycles. The van der Waals surface area contributed by atoms with Gasteiger partial charge in [0, 0.05) is 0 Å². The van der Waals surface area contributed by atoms with Gasteiger partial charge in [0.2, 0.25) is 0 Å². The van der Waals surface area contributed by atoms with E-state index in [0.717, 1.165) is 18.2 Å². The second kappa shape index (κ2) is 5.68. The van der Waals surface area contributed by atoms with Crippen molar-refractivity contribution in [1.82, 2.24) is 4.47 Å². The summed E-state index contributed by atoms with van der Waals surface area (Å²) in [5.74, 6) is -5.90. The van der Waals surface area contributed by atoms with Crippen LogP contribution in [0.2, 0.25) is 0 Å². The first-order valence-corrected chi connectivity index (χ1v) is 6.87. The van der Waals surface area contributed by atoms with Crippen LogP contribution in [0, 0.1) is 5.82 Å². The molecule has 0 heterocycles. The number of sulfonamides is 1. The number of hydroxylamine groups is 1. The summed E-state index contributed by atoms with van der Waals surface area (Å²) in [6.07, 6.45) is -5.21. The van der Waals surface area contributed by atoms with E-state index in [1.54, 1.807) is 0 Å². The van der Waals surface area contributed by atoms with Crippen LogP contribution in [0.3, 0.4) is 0 Å². The Balaban J connectivity index is 3.20. The second-order valence-corrected chi connectivity index (χ2v) is 5.45. The lowest BCUT2D eigenvalue weighted by molar-refractivity contribution is -0.216. The lowest BCUT2D eigenvalue weighted by Gasteiger charge is -2.19. The van der Waals surface area contributed by atoms with Crippen molar-refractivity contribution >= 4 is 21.9 Å². The Kier molecular flexibility index (Phi) is 4.56. The van der Waals surface area contributed by atoms with Crippen LogP contribution in [-0.2, 0) is 19.7 Å². The van der Waals surface area contributed by atoms with Crippen molar-refractivity contribution in [3.8, 4) is 0 Å². The van der Waals surface area contributed by atoms with E-state index in [0.29, 0.717) is 6.26 Å². The summed E-state index contributed by atoms with van der Waals surface area (Å²) in [6.45, 7) is 0. The van der Waals surface area contributed by atoms with Crippen LogP contribution in [0.15, 0.2) is 24.3 Å². The summed E-state index contributed by atoms with van der Waals surface area (Å²) in [5, 5.41) is 0. The average molecular weight is 329 g/mol. The number of alkyl halides is 3. The molecule has 1 amide bonds. The third-order valence-corrected chi connectivity index (χ3v) is 2.81. The Morgan fingerprint density at radius 2 is 1.71 bits per heavy atom. The van der Waals surface area contributed by atoms with E-state index in [1.807, 2.05) is 0 Å². The number of nitrogens with zero attached hydrogens (tertiary/aromatic N) is 1. The smallest absolute Gasteiger partial charge is 0.314 e. The fraction of sp³-hybridized carbons (Fsp3) is 0.200. The summed E-state index contributed by atoms with van der Waals surface area (Å²) in [7, 11) is -4.71. The van der Waals surface area contributed by atoms with Gasteiger partial charge in [-0.15, -0.1) is 0 Å². The summed E-state index contributed by atoms with van der Waals surface area (Å²) >= 11 is 0. The van der Waals surface area contributed by atoms with Crippen molar-refractivity contribution < 1.29 is 40.4 Å². The molecule has 0 aliphatic rings. The molecule has 0 bridgehead atoms. The number of hydrogen-bond acceptors (Lipinski definition) is 5. The Morgan fingerprint density at radius 1 is 1.19 bits per heavy atom. The minimum absolute atomic E-state index is 0.315. The topological polar surface area (TPSA) is 80.8 Å². The molecule has 6 nitrogen and oxygen atoms in total. The summed E-state index contributed by atoms with van der Waals surface area (Å²) in [6, 6.07) is 3.90. The molecular weight excluding hydrogens is 322 g/mol. The van der Waals surface area contributed by atoms with E-state index in [9.17, 15) is 35.6 Å². The van der Waals surface area contributed by atoms with Crippen LogP contribution in [0.25, 0.3) is 0 Å². The first kappa shape index (κ1) is 16.9. The highest BCUT2D eigenvalue weighted by atomic mass is 32.2. The first-order valence-electron chi connectivity index (χ1n) is 5.03. The predicted octanol–water partition coefficient (Wildman–Crippen LogP) is 1.25. The van der Waals surface area contributed by atoms with Gasteiger partial charge in [-0.1, -0.05) is 16.6 Å². The van der Waals surface area contributed by atoms with Crippen molar-refractivity contribution in [2.45, 2.75) is 6.18 Å². The standard InChI is InChI=1S/C10H7F4NO5S/c1-21(18,19)15(20-9(17)10(12,13)14)8(16)6-4-2-3-5-7(6)11/h2-5H,1H3. The number of rotatable bonds is 2. The molecule has 0 unspecified atom stereocenters. The van der Waals surface area contributed by atoms with Crippen LogP contribution in [0.5, 0.6) is 0 Å². The molecule has 0 atom stereocenters.